The molecule has 0 aliphatic heterocycles. The van der Waals surface area contributed by atoms with E-state index in [1.807, 2.05) is 0 Å². The van der Waals surface area contributed by atoms with Gasteiger partial charge in [-0.05, 0) is 12.1 Å². The summed E-state index contributed by atoms with van der Waals surface area (Å²) >= 11 is 4.64. The lowest BCUT2D eigenvalue weighted by Crippen LogP contribution is -2.17. The molecule has 0 bridgehead atoms. The van der Waals surface area contributed by atoms with E-state index in [-0.39, 0.29) is 11.6 Å². The van der Waals surface area contributed by atoms with Crippen molar-refractivity contribution >= 4 is 23.5 Å². The highest BCUT2D eigenvalue weighted by molar-refractivity contribution is 7.80. The van der Waals surface area contributed by atoms with E-state index < -0.39 is 0 Å². The van der Waals surface area contributed by atoms with E-state index in [9.17, 15) is 4.79 Å². The van der Waals surface area contributed by atoms with Gasteiger partial charge in [-0.3, -0.25) is 4.79 Å². The van der Waals surface area contributed by atoms with E-state index in [1.54, 1.807) is 24.3 Å². The molecule has 0 heterocycles. The number of rotatable bonds is 4. The minimum Gasteiger partial charge on any atom is -0.486 e. The van der Waals surface area contributed by atoms with Crippen LogP contribution in [0.3, 0.4) is 0 Å². The Hall–Kier alpha value is -1.42. The molecular formula is C9H9NO2S. The zero-order valence-electron chi connectivity index (χ0n) is 6.90. The molecule has 1 aromatic carbocycles. The first kappa shape index (κ1) is 9.67. The summed E-state index contributed by atoms with van der Waals surface area (Å²) in [6.07, 6.45) is 0.758. The third kappa shape index (κ3) is 3.21. The molecule has 1 rings (SSSR count). The summed E-state index contributed by atoms with van der Waals surface area (Å²) in [5, 5.41) is 0. The Morgan fingerprint density at radius 2 is 2.38 bits per heavy atom. The highest BCUT2D eigenvalue weighted by Gasteiger charge is 1.96. The van der Waals surface area contributed by atoms with Crippen LogP contribution in [0, 0.1) is 0 Å². The van der Waals surface area contributed by atoms with Crippen LogP contribution in [-0.4, -0.2) is 17.9 Å². The van der Waals surface area contributed by atoms with Gasteiger partial charge in [-0.2, -0.15) is 0 Å². The molecule has 0 unspecified atom stereocenters. The molecule has 68 valence electrons. The Morgan fingerprint density at radius 1 is 1.62 bits per heavy atom. The van der Waals surface area contributed by atoms with Gasteiger partial charge in [0.05, 0.1) is 0 Å². The lowest BCUT2D eigenvalue weighted by Gasteiger charge is -2.04. The molecule has 0 saturated carbocycles. The van der Waals surface area contributed by atoms with Crippen molar-refractivity contribution in [1.29, 1.82) is 0 Å². The number of nitrogens with two attached hydrogens (primary N) is 1. The molecule has 3 nitrogen and oxygen atoms in total. The minimum absolute atomic E-state index is 0.192. The van der Waals surface area contributed by atoms with Crippen molar-refractivity contribution in [2.45, 2.75) is 0 Å². The second-order valence-corrected chi connectivity index (χ2v) is 2.97. The molecule has 0 atom stereocenters. The number of carbonyl (C=O) groups is 1. The number of hydrogen-bond donors (Lipinski definition) is 1. The van der Waals surface area contributed by atoms with Crippen molar-refractivity contribution in [2.24, 2.45) is 5.73 Å². The van der Waals surface area contributed by atoms with Crippen LogP contribution in [0.25, 0.3) is 0 Å². The van der Waals surface area contributed by atoms with Crippen molar-refractivity contribution in [1.82, 2.24) is 0 Å². The zero-order chi connectivity index (χ0) is 9.68. The number of hydrogen-bond acceptors (Lipinski definition) is 3. The van der Waals surface area contributed by atoms with E-state index in [0.717, 1.165) is 6.29 Å². The second-order valence-electron chi connectivity index (χ2n) is 2.45. The number of ether oxygens (including phenoxy) is 1. The van der Waals surface area contributed by atoms with E-state index >= 15 is 0 Å². The van der Waals surface area contributed by atoms with Crippen molar-refractivity contribution in [3.05, 3.63) is 29.8 Å². The van der Waals surface area contributed by atoms with Gasteiger partial charge in [0.2, 0.25) is 0 Å². The van der Waals surface area contributed by atoms with Gasteiger partial charge >= 0.3 is 0 Å². The summed E-state index contributed by atoms with van der Waals surface area (Å²) < 4.78 is 5.18. The Bertz CT molecular complexity index is 325. The third-order valence-corrected chi connectivity index (χ3v) is 1.49. The number of benzene rings is 1. The van der Waals surface area contributed by atoms with E-state index in [4.69, 9.17) is 10.5 Å². The third-order valence-electron chi connectivity index (χ3n) is 1.38. The normalized spacial score (nSPS) is 9.23. The van der Waals surface area contributed by atoms with Crippen molar-refractivity contribution in [3.8, 4) is 5.75 Å². The lowest BCUT2D eigenvalue weighted by molar-refractivity contribution is 0.112. The van der Waals surface area contributed by atoms with Crippen LogP contribution in [-0.2, 0) is 0 Å². The van der Waals surface area contributed by atoms with Gasteiger partial charge in [0.25, 0.3) is 0 Å². The van der Waals surface area contributed by atoms with Crippen LogP contribution in [0.2, 0.25) is 0 Å². The van der Waals surface area contributed by atoms with Gasteiger partial charge in [-0.15, -0.1) is 0 Å². The highest BCUT2D eigenvalue weighted by Crippen LogP contribution is 2.11. The molecule has 1 aromatic rings. The first-order valence-corrected chi connectivity index (χ1v) is 4.09. The second kappa shape index (κ2) is 4.57. The number of thiocarbonyl (C=S) groups is 1. The van der Waals surface area contributed by atoms with Crippen molar-refractivity contribution in [3.63, 3.8) is 0 Å². The van der Waals surface area contributed by atoms with Gasteiger partial charge in [0, 0.05) is 5.56 Å². The van der Waals surface area contributed by atoms with E-state index in [0.29, 0.717) is 11.3 Å². The van der Waals surface area contributed by atoms with Crippen LogP contribution in [0.4, 0.5) is 0 Å². The van der Waals surface area contributed by atoms with E-state index in [2.05, 4.69) is 12.2 Å². The topological polar surface area (TPSA) is 52.3 Å². The molecular weight excluding hydrogens is 186 g/mol. The summed E-state index contributed by atoms with van der Waals surface area (Å²) in [6, 6.07) is 6.80. The lowest BCUT2D eigenvalue weighted by atomic mass is 10.2. The summed E-state index contributed by atoms with van der Waals surface area (Å²) in [6.45, 7) is 0.192. The first-order chi connectivity index (χ1) is 6.22. The van der Waals surface area contributed by atoms with Crippen LogP contribution >= 0.6 is 12.2 Å². The maximum atomic E-state index is 10.4. The predicted molar refractivity (Wildman–Crippen MR) is 54.1 cm³/mol. The standard InChI is InChI=1S/C9H9NO2S/c10-9(13)6-12-8-3-1-2-7(4-8)5-11/h1-5H,6H2,(H2,10,13). The maximum Gasteiger partial charge on any atom is 0.150 e. The van der Waals surface area contributed by atoms with Crippen molar-refractivity contribution in [2.75, 3.05) is 6.61 Å². The molecule has 0 amide bonds. The average molecular weight is 195 g/mol. The van der Waals surface area contributed by atoms with Gasteiger partial charge in [0.15, 0.2) is 0 Å². The van der Waals surface area contributed by atoms with E-state index in [1.165, 1.54) is 0 Å². The molecule has 13 heavy (non-hydrogen) atoms. The van der Waals surface area contributed by atoms with Gasteiger partial charge < -0.3 is 10.5 Å². The van der Waals surface area contributed by atoms with Crippen molar-refractivity contribution < 1.29 is 9.53 Å². The van der Waals surface area contributed by atoms with Crippen LogP contribution < -0.4 is 10.5 Å². The summed E-state index contributed by atoms with van der Waals surface area (Å²) in [4.78, 5) is 10.7. The summed E-state index contributed by atoms with van der Waals surface area (Å²) in [5.41, 5.74) is 5.82. The Balaban J connectivity index is 2.66. The molecule has 0 aromatic heterocycles. The fourth-order valence-corrected chi connectivity index (χ4v) is 0.891. The average Bonchev–Trinajstić information content (AvgIpc) is 2.15. The number of aldehydes is 1. The molecule has 0 fully saturated rings. The molecule has 2 N–H and O–H groups in total. The Morgan fingerprint density at radius 3 is 3.00 bits per heavy atom. The SMILES string of the molecule is NC(=S)COc1cccc(C=O)c1. The fraction of sp³-hybridized carbons (Fsp3) is 0.111. The number of carbonyl (C=O) groups excluding carboxylic acids is 1. The van der Waals surface area contributed by atoms with Gasteiger partial charge in [-0.25, -0.2) is 0 Å². The molecule has 0 aliphatic carbocycles. The molecule has 0 aliphatic rings. The first-order valence-electron chi connectivity index (χ1n) is 3.68. The quantitative estimate of drug-likeness (QED) is 0.578. The smallest absolute Gasteiger partial charge is 0.150 e. The van der Waals surface area contributed by atoms with Crippen LogP contribution in [0.1, 0.15) is 10.4 Å². The van der Waals surface area contributed by atoms with Gasteiger partial charge in [0.1, 0.15) is 23.6 Å². The minimum atomic E-state index is 0.192. The highest BCUT2D eigenvalue weighted by atomic mass is 32.1. The molecule has 0 saturated heterocycles. The van der Waals surface area contributed by atoms with Crippen LogP contribution in [0.5, 0.6) is 5.75 Å². The zero-order valence-corrected chi connectivity index (χ0v) is 7.71. The molecule has 0 spiro atoms. The summed E-state index contributed by atoms with van der Waals surface area (Å²) in [5.74, 6) is 0.595. The Kier molecular flexibility index (Phi) is 3.40. The predicted octanol–water partition coefficient (Wildman–Crippen LogP) is 1.16. The fourth-order valence-electron chi connectivity index (χ4n) is 0.832. The van der Waals surface area contributed by atoms with Crippen LogP contribution in [0.15, 0.2) is 24.3 Å². The van der Waals surface area contributed by atoms with Gasteiger partial charge in [-0.1, -0.05) is 24.4 Å². The largest absolute Gasteiger partial charge is 0.486 e. The molecule has 0 radical (unpaired) electrons. The summed E-state index contributed by atoms with van der Waals surface area (Å²) in [7, 11) is 0. The Labute approximate surface area is 81.5 Å². The maximum absolute atomic E-state index is 10.4. The molecule has 4 heteroatoms. The monoisotopic (exact) mass is 195 g/mol.